The van der Waals surface area contributed by atoms with Gasteiger partial charge in [0.25, 0.3) is 31.9 Å². The van der Waals surface area contributed by atoms with Crippen LogP contribution in [0.5, 0.6) is 0 Å². The number of amides is 2. The molecule has 0 spiro atoms. The Balaban J connectivity index is 1.37. The molecule has 39 heavy (non-hydrogen) atoms. The van der Waals surface area contributed by atoms with Crippen LogP contribution in [0.3, 0.4) is 0 Å². The van der Waals surface area contributed by atoms with Gasteiger partial charge in [-0.15, -0.1) is 11.3 Å². The molecule has 0 fully saturated rings. The summed E-state index contributed by atoms with van der Waals surface area (Å²) in [6.07, 6.45) is 0. The van der Waals surface area contributed by atoms with Crippen molar-refractivity contribution in [1.29, 1.82) is 0 Å². The van der Waals surface area contributed by atoms with E-state index in [0.717, 1.165) is 17.4 Å². The minimum atomic E-state index is -4.02. The highest BCUT2D eigenvalue weighted by Crippen LogP contribution is 2.27. The van der Waals surface area contributed by atoms with Crippen LogP contribution in [-0.4, -0.2) is 28.6 Å². The Morgan fingerprint density at radius 2 is 1.33 bits per heavy atom. The van der Waals surface area contributed by atoms with Gasteiger partial charge in [0.05, 0.1) is 14.4 Å². The molecule has 0 atom stereocenters. The fourth-order valence-electron chi connectivity index (χ4n) is 3.17. The number of carbonyl (C=O) groups is 2. The smallest absolute Gasteiger partial charge is 0.271 e. The monoisotopic (exact) mass is 668 g/mol. The van der Waals surface area contributed by atoms with Gasteiger partial charge in [0.15, 0.2) is 0 Å². The van der Waals surface area contributed by atoms with E-state index in [4.69, 9.17) is 11.6 Å². The van der Waals surface area contributed by atoms with Crippen LogP contribution in [0.4, 0.5) is 11.4 Å². The maximum absolute atomic E-state index is 12.7. The number of thiophene rings is 1. The van der Waals surface area contributed by atoms with Crippen molar-refractivity contribution in [3.05, 3.63) is 105 Å². The molecular weight excluding hydrogens is 652 g/mol. The number of halogens is 2. The molecule has 0 unspecified atom stereocenters. The molecule has 3 aromatic carbocycles. The molecule has 4 N–H and O–H groups in total. The third kappa shape index (κ3) is 7.36. The van der Waals surface area contributed by atoms with Gasteiger partial charge in [-0.1, -0.05) is 23.7 Å². The van der Waals surface area contributed by atoms with E-state index in [1.807, 2.05) is 0 Å². The zero-order valence-electron chi connectivity index (χ0n) is 19.5. The molecule has 4 rings (SSSR count). The highest BCUT2D eigenvalue weighted by molar-refractivity contribution is 9.11. The van der Waals surface area contributed by atoms with E-state index in [1.54, 1.807) is 18.2 Å². The van der Waals surface area contributed by atoms with E-state index in [1.165, 1.54) is 60.7 Å². The third-order valence-electron chi connectivity index (χ3n) is 4.99. The van der Waals surface area contributed by atoms with Crippen molar-refractivity contribution < 1.29 is 26.4 Å². The predicted octanol–water partition coefficient (Wildman–Crippen LogP) is 4.84. The third-order valence-corrected chi connectivity index (χ3v) is 10.1. The highest BCUT2D eigenvalue weighted by atomic mass is 79.9. The Bertz CT molecular complexity index is 1760. The van der Waals surface area contributed by atoms with E-state index in [0.29, 0.717) is 8.81 Å². The van der Waals surface area contributed by atoms with Crippen LogP contribution >= 0.6 is 38.9 Å². The fourth-order valence-corrected chi connectivity index (χ4v) is 7.52. The number of hydrogen-bond acceptors (Lipinski definition) is 7. The molecule has 0 aliphatic carbocycles. The lowest BCUT2D eigenvalue weighted by Gasteiger charge is -2.11. The summed E-state index contributed by atoms with van der Waals surface area (Å²) in [4.78, 5) is 24.9. The zero-order valence-corrected chi connectivity index (χ0v) is 24.3. The van der Waals surface area contributed by atoms with Gasteiger partial charge in [-0.05, 0) is 88.7 Å². The van der Waals surface area contributed by atoms with Crippen LogP contribution in [-0.2, 0) is 20.0 Å². The normalized spacial score (nSPS) is 11.4. The van der Waals surface area contributed by atoms with Gasteiger partial charge in [0, 0.05) is 21.8 Å². The molecular formula is C24H18BrClN4O6S3. The molecule has 1 heterocycles. The summed E-state index contributed by atoms with van der Waals surface area (Å²) in [5.74, 6) is -1.43. The van der Waals surface area contributed by atoms with Gasteiger partial charge in [0.1, 0.15) is 4.21 Å². The van der Waals surface area contributed by atoms with Crippen molar-refractivity contribution in [1.82, 2.24) is 10.9 Å². The molecule has 1 aromatic heterocycles. The van der Waals surface area contributed by atoms with Crippen molar-refractivity contribution in [3.8, 4) is 0 Å². The second kappa shape index (κ2) is 11.8. The Morgan fingerprint density at radius 1 is 0.692 bits per heavy atom. The highest BCUT2D eigenvalue weighted by Gasteiger charge is 2.19. The van der Waals surface area contributed by atoms with E-state index in [-0.39, 0.29) is 31.6 Å². The van der Waals surface area contributed by atoms with Crippen molar-refractivity contribution in [2.75, 3.05) is 9.44 Å². The topological polar surface area (TPSA) is 151 Å². The van der Waals surface area contributed by atoms with Crippen LogP contribution in [0, 0.1) is 0 Å². The summed E-state index contributed by atoms with van der Waals surface area (Å²) >= 11 is 10.2. The van der Waals surface area contributed by atoms with Crippen molar-refractivity contribution in [2.45, 2.75) is 9.10 Å². The SMILES string of the molecule is O=C(NNC(=O)c1cccc(S(=O)(=O)Nc2cccc(Cl)c2)c1)c1ccc(NS(=O)(=O)c2ccc(Br)s2)cc1. The Morgan fingerprint density at radius 3 is 1.97 bits per heavy atom. The first-order chi connectivity index (χ1) is 18.4. The molecule has 15 heteroatoms. The number of nitrogens with one attached hydrogen (secondary N) is 4. The average molecular weight is 670 g/mol. The molecule has 2 amide bonds. The maximum atomic E-state index is 12.7. The summed E-state index contributed by atoms with van der Waals surface area (Å²) in [5.41, 5.74) is 5.07. The van der Waals surface area contributed by atoms with Crippen LogP contribution in [0.15, 0.2) is 97.8 Å². The molecule has 0 radical (unpaired) electrons. The summed E-state index contributed by atoms with van der Waals surface area (Å²) < 4.78 is 55.9. The number of carbonyl (C=O) groups excluding carboxylic acids is 2. The van der Waals surface area contributed by atoms with E-state index in [9.17, 15) is 26.4 Å². The second-order valence-electron chi connectivity index (χ2n) is 7.79. The zero-order chi connectivity index (χ0) is 28.2. The summed E-state index contributed by atoms with van der Waals surface area (Å²) in [5, 5.41) is 0.349. The van der Waals surface area contributed by atoms with Gasteiger partial charge in [-0.3, -0.25) is 29.9 Å². The van der Waals surface area contributed by atoms with Gasteiger partial charge in [0.2, 0.25) is 0 Å². The minimum absolute atomic E-state index is 0.0192. The second-order valence-corrected chi connectivity index (χ2v) is 14.3. The van der Waals surface area contributed by atoms with E-state index >= 15 is 0 Å². The first-order valence-corrected chi connectivity index (χ1v) is 15.8. The lowest BCUT2D eigenvalue weighted by atomic mass is 10.2. The van der Waals surface area contributed by atoms with Crippen LogP contribution in [0.25, 0.3) is 0 Å². The number of hydrazine groups is 1. The average Bonchev–Trinajstić information content (AvgIpc) is 3.34. The van der Waals surface area contributed by atoms with Gasteiger partial charge < -0.3 is 0 Å². The van der Waals surface area contributed by atoms with Gasteiger partial charge in [-0.25, -0.2) is 16.8 Å². The van der Waals surface area contributed by atoms with Crippen molar-refractivity contribution >= 4 is 82.1 Å². The number of benzene rings is 3. The number of hydrogen-bond donors (Lipinski definition) is 4. The Kier molecular flexibility index (Phi) is 8.61. The molecule has 0 aliphatic rings. The number of rotatable bonds is 8. The molecule has 0 aliphatic heterocycles. The Labute approximate surface area is 241 Å². The Hall–Kier alpha value is -3.43. The number of anilines is 2. The molecule has 202 valence electrons. The number of sulfonamides is 2. The van der Waals surface area contributed by atoms with Crippen LogP contribution in [0.2, 0.25) is 5.02 Å². The van der Waals surface area contributed by atoms with Crippen molar-refractivity contribution in [3.63, 3.8) is 0 Å². The van der Waals surface area contributed by atoms with E-state index < -0.39 is 31.9 Å². The lowest BCUT2D eigenvalue weighted by molar-refractivity contribution is 0.0846. The molecule has 10 nitrogen and oxygen atoms in total. The minimum Gasteiger partial charge on any atom is -0.280 e. The quantitative estimate of drug-likeness (QED) is 0.197. The standard InChI is InChI=1S/C24H18BrClN4O6S3/c25-21-11-12-22(37-21)39(35,36)29-18-9-7-15(8-10-18)23(31)27-28-24(32)16-3-1-6-20(13-16)38(33,34)30-19-5-2-4-17(26)14-19/h1-14,29-30H,(H,27,31)(H,28,32). The first-order valence-electron chi connectivity index (χ1n) is 10.8. The largest absolute Gasteiger partial charge is 0.280 e. The van der Waals surface area contributed by atoms with Crippen LogP contribution < -0.4 is 20.3 Å². The summed E-state index contributed by atoms with van der Waals surface area (Å²) in [6.45, 7) is 0. The maximum Gasteiger partial charge on any atom is 0.271 e. The lowest BCUT2D eigenvalue weighted by Crippen LogP contribution is -2.41. The molecule has 4 aromatic rings. The molecule has 0 saturated heterocycles. The van der Waals surface area contributed by atoms with Crippen molar-refractivity contribution in [2.24, 2.45) is 0 Å². The molecule has 0 saturated carbocycles. The van der Waals surface area contributed by atoms with Crippen LogP contribution in [0.1, 0.15) is 20.7 Å². The first kappa shape index (κ1) is 28.6. The predicted molar refractivity (Wildman–Crippen MR) is 153 cm³/mol. The van der Waals surface area contributed by atoms with E-state index in [2.05, 4.69) is 36.2 Å². The summed E-state index contributed by atoms with van der Waals surface area (Å²) in [7, 11) is -7.80. The summed E-state index contributed by atoms with van der Waals surface area (Å²) in [6, 6.07) is 20.0. The fraction of sp³-hybridized carbons (Fsp3) is 0. The molecule has 0 bridgehead atoms. The van der Waals surface area contributed by atoms with Gasteiger partial charge in [-0.2, -0.15) is 0 Å². The van der Waals surface area contributed by atoms with Gasteiger partial charge >= 0.3 is 0 Å².